The highest BCUT2D eigenvalue weighted by atomic mass is 35.5. The smallest absolute Gasteiger partial charge is 0.503 e. The molecule has 0 spiro atoms. The average molecular weight is 256 g/mol. The molecule has 1 rings (SSSR count). The monoisotopic (exact) mass is 255 g/mol. The topological polar surface area (TPSA) is 59.4 Å². The number of carbonyl (C=O) groups excluding carboxylic acids is 1. The van der Waals surface area contributed by atoms with E-state index >= 15 is 0 Å². The van der Waals surface area contributed by atoms with Gasteiger partial charge in [0.1, 0.15) is 0 Å². The SMILES string of the molecule is Cc1cc(C(=O)Cl)c(O)c(OC(F)(F)F)n1. The van der Waals surface area contributed by atoms with Gasteiger partial charge in [-0.1, -0.05) is 0 Å². The lowest BCUT2D eigenvalue weighted by atomic mass is 10.2. The van der Waals surface area contributed by atoms with Crippen molar-refractivity contribution in [1.82, 2.24) is 4.98 Å². The molecule has 0 amide bonds. The Labute approximate surface area is 92.6 Å². The van der Waals surface area contributed by atoms with Crippen molar-refractivity contribution in [2.24, 2.45) is 0 Å². The Bertz CT molecular complexity index is 433. The molecule has 0 bridgehead atoms. The van der Waals surface area contributed by atoms with Crippen molar-refractivity contribution in [3.8, 4) is 11.6 Å². The van der Waals surface area contributed by atoms with Crippen LogP contribution in [0.3, 0.4) is 0 Å². The molecule has 4 nitrogen and oxygen atoms in total. The van der Waals surface area contributed by atoms with Crippen molar-refractivity contribution < 1.29 is 27.8 Å². The minimum absolute atomic E-state index is 0.0565. The van der Waals surface area contributed by atoms with Crippen LogP contribution in [0.15, 0.2) is 6.07 Å². The molecule has 0 saturated heterocycles. The van der Waals surface area contributed by atoms with Gasteiger partial charge in [-0.3, -0.25) is 4.79 Å². The predicted molar refractivity (Wildman–Crippen MR) is 47.5 cm³/mol. The van der Waals surface area contributed by atoms with E-state index in [2.05, 4.69) is 9.72 Å². The first-order valence-corrected chi connectivity index (χ1v) is 4.24. The Morgan fingerprint density at radius 2 is 2.12 bits per heavy atom. The fourth-order valence-corrected chi connectivity index (χ4v) is 1.11. The molecule has 1 aromatic heterocycles. The van der Waals surface area contributed by atoms with Gasteiger partial charge in [0.05, 0.1) is 5.56 Å². The number of alkyl halides is 3. The molecule has 0 aliphatic carbocycles. The fraction of sp³-hybridized carbons (Fsp3) is 0.250. The lowest BCUT2D eigenvalue weighted by molar-refractivity contribution is -0.276. The quantitative estimate of drug-likeness (QED) is 0.824. The van der Waals surface area contributed by atoms with Crippen LogP contribution in [0, 0.1) is 6.92 Å². The molecule has 16 heavy (non-hydrogen) atoms. The third-order valence-corrected chi connectivity index (χ3v) is 1.72. The first kappa shape index (κ1) is 12.6. The van der Waals surface area contributed by atoms with E-state index in [1.165, 1.54) is 6.92 Å². The second-order valence-electron chi connectivity index (χ2n) is 2.79. The minimum Gasteiger partial charge on any atom is -0.503 e. The fourth-order valence-electron chi connectivity index (χ4n) is 0.968. The molecule has 1 heterocycles. The Hall–Kier alpha value is -1.50. The standard InChI is InChI=1S/C8H5ClF3NO3/c1-3-2-4(6(9)15)5(14)7(13-3)16-8(10,11)12/h2,14H,1H3. The van der Waals surface area contributed by atoms with Crippen LogP contribution in [0.5, 0.6) is 11.6 Å². The molecule has 0 saturated carbocycles. The molecular weight excluding hydrogens is 251 g/mol. The first-order chi connectivity index (χ1) is 7.20. The maximum absolute atomic E-state index is 11.9. The lowest BCUT2D eigenvalue weighted by Gasteiger charge is -2.11. The number of aromatic nitrogens is 1. The molecule has 0 fully saturated rings. The van der Waals surface area contributed by atoms with Gasteiger partial charge in [-0.15, -0.1) is 13.2 Å². The van der Waals surface area contributed by atoms with E-state index < -0.39 is 28.8 Å². The molecule has 8 heteroatoms. The van der Waals surface area contributed by atoms with Gasteiger partial charge in [0, 0.05) is 5.69 Å². The Morgan fingerprint density at radius 3 is 2.56 bits per heavy atom. The normalized spacial score (nSPS) is 11.3. The predicted octanol–water partition coefficient (Wildman–Crippen LogP) is 2.37. The van der Waals surface area contributed by atoms with Gasteiger partial charge in [0.25, 0.3) is 11.1 Å². The molecule has 1 aromatic rings. The summed E-state index contributed by atoms with van der Waals surface area (Å²) in [6.07, 6.45) is -5.01. The van der Waals surface area contributed by atoms with Crippen molar-refractivity contribution in [3.63, 3.8) is 0 Å². The second-order valence-corrected chi connectivity index (χ2v) is 3.13. The molecule has 0 aliphatic rings. The molecule has 0 atom stereocenters. The zero-order chi connectivity index (χ0) is 12.5. The zero-order valence-corrected chi connectivity index (χ0v) is 8.56. The maximum Gasteiger partial charge on any atom is 0.574 e. The second kappa shape index (κ2) is 4.17. The average Bonchev–Trinajstić information content (AvgIpc) is 2.07. The highest BCUT2D eigenvalue weighted by Gasteiger charge is 2.34. The van der Waals surface area contributed by atoms with Crippen LogP contribution in [0.1, 0.15) is 16.1 Å². The minimum atomic E-state index is -5.01. The van der Waals surface area contributed by atoms with Gasteiger partial charge in [0.2, 0.25) is 0 Å². The van der Waals surface area contributed by atoms with E-state index in [9.17, 15) is 23.1 Å². The molecule has 0 unspecified atom stereocenters. The van der Waals surface area contributed by atoms with Crippen molar-refractivity contribution in [1.29, 1.82) is 0 Å². The first-order valence-electron chi connectivity index (χ1n) is 3.87. The number of hydrogen-bond donors (Lipinski definition) is 1. The molecular formula is C8H5ClF3NO3. The summed E-state index contributed by atoms with van der Waals surface area (Å²) in [4.78, 5) is 14.1. The van der Waals surface area contributed by atoms with Crippen LogP contribution in [0.2, 0.25) is 0 Å². The molecule has 1 N–H and O–H groups in total. The molecule has 0 aromatic carbocycles. The number of carbonyl (C=O) groups is 1. The summed E-state index contributed by atoms with van der Waals surface area (Å²) in [6.45, 7) is 1.33. The number of halogens is 4. The Morgan fingerprint density at radius 1 is 1.56 bits per heavy atom. The van der Waals surface area contributed by atoms with Crippen LogP contribution in [-0.4, -0.2) is 21.7 Å². The van der Waals surface area contributed by atoms with Gasteiger partial charge in [-0.2, -0.15) is 0 Å². The van der Waals surface area contributed by atoms with Crippen molar-refractivity contribution >= 4 is 16.8 Å². The van der Waals surface area contributed by atoms with Crippen molar-refractivity contribution in [3.05, 3.63) is 17.3 Å². The van der Waals surface area contributed by atoms with Crippen LogP contribution >= 0.6 is 11.6 Å². The summed E-state index contributed by atoms with van der Waals surface area (Å²) in [7, 11) is 0. The van der Waals surface area contributed by atoms with Gasteiger partial charge >= 0.3 is 6.36 Å². The van der Waals surface area contributed by atoms with Crippen LogP contribution in [0.4, 0.5) is 13.2 Å². The number of aryl methyl sites for hydroxylation is 1. The van der Waals surface area contributed by atoms with E-state index in [0.29, 0.717) is 0 Å². The van der Waals surface area contributed by atoms with Crippen molar-refractivity contribution in [2.75, 3.05) is 0 Å². The highest BCUT2D eigenvalue weighted by Crippen LogP contribution is 2.33. The molecule has 88 valence electrons. The zero-order valence-electron chi connectivity index (χ0n) is 7.80. The van der Waals surface area contributed by atoms with E-state index in [1.807, 2.05) is 0 Å². The highest BCUT2D eigenvalue weighted by molar-refractivity contribution is 6.68. The summed E-state index contributed by atoms with van der Waals surface area (Å²) in [5, 5.41) is 8.15. The van der Waals surface area contributed by atoms with E-state index in [0.717, 1.165) is 6.07 Å². The molecule has 0 aliphatic heterocycles. The van der Waals surface area contributed by atoms with Gasteiger partial charge in [0.15, 0.2) is 5.75 Å². The van der Waals surface area contributed by atoms with Crippen LogP contribution in [-0.2, 0) is 0 Å². The summed E-state index contributed by atoms with van der Waals surface area (Å²) in [6, 6.07) is 1.05. The number of hydrogen-bond acceptors (Lipinski definition) is 4. The summed E-state index contributed by atoms with van der Waals surface area (Å²) >= 11 is 5.06. The number of aromatic hydroxyl groups is 1. The third kappa shape index (κ3) is 2.99. The number of ether oxygens (including phenoxy) is 1. The Balaban J connectivity index is 3.25. The van der Waals surface area contributed by atoms with E-state index in [-0.39, 0.29) is 5.69 Å². The van der Waals surface area contributed by atoms with E-state index in [1.54, 1.807) is 0 Å². The Kier molecular flexibility index (Phi) is 3.27. The summed E-state index contributed by atoms with van der Waals surface area (Å²) in [5.74, 6) is -2.14. The van der Waals surface area contributed by atoms with Crippen molar-refractivity contribution in [2.45, 2.75) is 13.3 Å². The third-order valence-electron chi connectivity index (χ3n) is 1.51. The number of nitrogens with zero attached hydrogens (tertiary/aromatic N) is 1. The van der Waals surface area contributed by atoms with Gasteiger partial charge in [-0.25, -0.2) is 4.98 Å². The number of pyridine rings is 1. The van der Waals surface area contributed by atoms with Gasteiger partial charge < -0.3 is 9.84 Å². The van der Waals surface area contributed by atoms with Crippen LogP contribution in [0.25, 0.3) is 0 Å². The maximum atomic E-state index is 11.9. The summed E-state index contributed by atoms with van der Waals surface area (Å²) in [5.41, 5.74) is -0.436. The van der Waals surface area contributed by atoms with Crippen LogP contribution < -0.4 is 4.74 Å². The lowest BCUT2D eigenvalue weighted by Crippen LogP contribution is -2.18. The summed E-state index contributed by atoms with van der Waals surface area (Å²) < 4.78 is 39.1. The number of rotatable bonds is 2. The van der Waals surface area contributed by atoms with E-state index in [4.69, 9.17) is 11.6 Å². The molecule has 0 radical (unpaired) electrons. The largest absolute Gasteiger partial charge is 0.574 e. The van der Waals surface area contributed by atoms with Gasteiger partial charge in [-0.05, 0) is 24.6 Å².